The van der Waals surface area contributed by atoms with Gasteiger partial charge in [0.05, 0.1) is 57.9 Å². The molecule has 0 fully saturated rings. The van der Waals surface area contributed by atoms with Gasteiger partial charge in [-0.15, -0.1) is 0 Å². The molecule has 0 saturated heterocycles. The zero-order valence-corrected chi connectivity index (χ0v) is 54.7. The van der Waals surface area contributed by atoms with E-state index in [2.05, 4.69) is 283 Å². The maximum atomic E-state index is 12.8. The molecule has 2 aliphatic rings. The summed E-state index contributed by atoms with van der Waals surface area (Å²) < 4.78 is 18.4. The van der Waals surface area contributed by atoms with E-state index < -0.39 is 24.5 Å². The van der Waals surface area contributed by atoms with E-state index in [1.165, 1.54) is 0 Å². The van der Waals surface area contributed by atoms with Crippen LogP contribution in [0.4, 0.5) is 11.4 Å². The molecule has 0 N–H and O–H groups in total. The molecule has 0 spiro atoms. The Morgan fingerprint density at radius 2 is 0.750 bits per heavy atom. The highest BCUT2D eigenvalue weighted by atomic mass is 16.5. The summed E-state index contributed by atoms with van der Waals surface area (Å²) in [5.74, 6) is 2.41. The van der Waals surface area contributed by atoms with Gasteiger partial charge in [-0.2, -0.15) is 10.5 Å². The topological polar surface area (TPSA) is 101 Å². The van der Waals surface area contributed by atoms with Crippen LogP contribution >= 0.6 is 0 Å². The number of para-hydroxylation sites is 2. The first-order valence-electron chi connectivity index (χ1n) is 33.4. The van der Waals surface area contributed by atoms with Gasteiger partial charge in [0.25, 0.3) is 0 Å². The summed E-state index contributed by atoms with van der Waals surface area (Å²) >= 11 is 0. The van der Waals surface area contributed by atoms with Crippen LogP contribution in [0.1, 0.15) is 118 Å². The third kappa shape index (κ3) is 11.9. The molecule has 10 heteroatoms. The number of benzene rings is 8. The fourth-order valence-corrected chi connectivity index (χ4v) is 14.3. The Kier molecular flexibility index (Phi) is 18.7. The lowest BCUT2D eigenvalue weighted by atomic mass is 9.50. The maximum Gasteiger partial charge on any atom is 0.328 e. The van der Waals surface area contributed by atoms with Gasteiger partial charge in [0.15, 0.2) is 0 Å². The molecule has 2 aromatic heterocycles. The Morgan fingerprint density at radius 3 is 1.04 bits per heavy atom. The molecule has 0 radical (unpaired) electrons. The smallest absolute Gasteiger partial charge is 0.328 e. The van der Waals surface area contributed by atoms with Gasteiger partial charge < -0.3 is 18.4 Å². The van der Waals surface area contributed by atoms with Gasteiger partial charge >= 0.3 is 13.7 Å². The molecule has 8 nitrogen and oxygen atoms in total. The highest BCUT2D eigenvalue weighted by Crippen LogP contribution is 2.45. The molecule has 0 amide bonds. The molecule has 2 unspecified atom stereocenters. The van der Waals surface area contributed by atoms with E-state index >= 15 is 0 Å². The van der Waals surface area contributed by atoms with Gasteiger partial charge in [-0.25, -0.2) is 0 Å². The van der Waals surface area contributed by atoms with Crippen molar-refractivity contribution in [3.63, 3.8) is 0 Å². The van der Waals surface area contributed by atoms with Crippen LogP contribution in [-0.4, -0.2) is 47.3 Å². The number of nitriles is 2. The molecule has 458 valence electrons. The van der Waals surface area contributed by atoms with E-state index in [1.54, 1.807) is 0 Å². The summed E-state index contributed by atoms with van der Waals surface area (Å²) in [5, 5.41) is 28.5. The lowest BCUT2D eigenvalue weighted by Crippen LogP contribution is -2.54. The first kappa shape index (κ1) is 62.6. The molecule has 0 aliphatic carbocycles. The minimum atomic E-state index is -0.725. The average molecular weight is 1210 g/mol. The van der Waals surface area contributed by atoms with Crippen molar-refractivity contribution in [2.24, 2.45) is 21.8 Å². The van der Waals surface area contributed by atoms with Crippen molar-refractivity contribution >= 4 is 80.3 Å². The molecule has 0 bridgehead atoms. The van der Waals surface area contributed by atoms with Gasteiger partial charge in [-0.05, 0) is 108 Å². The predicted molar refractivity (Wildman–Crippen MR) is 385 cm³/mol. The van der Waals surface area contributed by atoms with Crippen LogP contribution in [0.5, 0.6) is 11.5 Å². The Balaban J connectivity index is 1.35. The first-order valence-corrected chi connectivity index (χ1v) is 33.4. The molecular weight excluding hydrogens is 1120 g/mol. The quantitative estimate of drug-likeness (QED) is 0.0563. The monoisotopic (exact) mass is 1200 g/mol. The SMILES string of the molecule is CCCCC(CC)COc1ccc(-c2c3/c(=C(\C#N)C4=Nc5ccccc5C4(C)C)n(B(c4ccccc4)c4ccccc4)c(-c4ccc(OCC(CC)CCCC)cc4)c3/c(=C(\C#N)C3=Nc4ccccc4C3(C)C)n2B(c2ccccc2)c2ccccc2)cc1. The molecule has 8 aromatic carbocycles. The molecule has 92 heavy (non-hydrogen) atoms. The second-order valence-electron chi connectivity index (χ2n) is 26.0. The molecule has 2 aliphatic heterocycles. The van der Waals surface area contributed by atoms with E-state index in [0.717, 1.165) is 141 Å². The Hall–Kier alpha value is -9.63. The molecule has 12 rings (SSSR count). The number of aromatic nitrogens is 2. The maximum absolute atomic E-state index is 12.8. The summed E-state index contributed by atoms with van der Waals surface area (Å²) in [5.41, 5.74) is 11.9. The number of hydrogen-bond donors (Lipinski definition) is 0. The normalized spacial score (nSPS) is 14.8. The highest BCUT2D eigenvalue weighted by molar-refractivity contribution is 6.85. The zero-order valence-electron chi connectivity index (χ0n) is 54.7. The van der Waals surface area contributed by atoms with E-state index in [0.29, 0.717) is 58.3 Å². The van der Waals surface area contributed by atoms with Gasteiger partial charge in [0.2, 0.25) is 0 Å². The van der Waals surface area contributed by atoms with E-state index in [9.17, 15) is 10.5 Å². The zero-order chi connectivity index (χ0) is 63.9. The lowest BCUT2D eigenvalue weighted by molar-refractivity contribution is 0.233. The van der Waals surface area contributed by atoms with Crippen molar-refractivity contribution in [1.82, 2.24) is 8.96 Å². The number of ether oxygens (including phenoxy) is 2. The fourth-order valence-electron chi connectivity index (χ4n) is 14.3. The number of hydrogen-bond acceptors (Lipinski definition) is 6. The minimum Gasteiger partial charge on any atom is -0.493 e. The van der Waals surface area contributed by atoms with E-state index in [-0.39, 0.29) is 0 Å². The van der Waals surface area contributed by atoms with Crippen molar-refractivity contribution < 1.29 is 9.47 Å². The number of unbranched alkanes of at least 4 members (excludes halogenated alkanes) is 2. The van der Waals surface area contributed by atoms with Gasteiger partial charge in [0, 0.05) is 33.0 Å². The predicted octanol–water partition coefficient (Wildman–Crippen LogP) is 15.8. The van der Waals surface area contributed by atoms with Crippen LogP contribution in [0, 0.1) is 34.5 Å². The van der Waals surface area contributed by atoms with Crippen LogP contribution in [0.2, 0.25) is 0 Å². The average Bonchev–Trinajstić information content (AvgIpc) is 1.52. The Labute approximate surface area is 545 Å². The van der Waals surface area contributed by atoms with Gasteiger partial charge in [0.1, 0.15) is 23.6 Å². The molecular formula is C82H82B2N6O2. The van der Waals surface area contributed by atoms with Gasteiger partial charge in [-0.1, -0.05) is 273 Å². The van der Waals surface area contributed by atoms with Crippen molar-refractivity contribution in [2.75, 3.05) is 13.2 Å². The van der Waals surface area contributed by atoms with Gasteiger partial charge in [-0.3, -0.25) is 9.98 Å². The van der Waals surface area contributed by atoms with Crippen LogP contribution in [-0.2, 0) is 10.8 Å². The number of aliphatic imine (C=N–C) groups is 2. The molecule has 4 heterocycles. The molecule has 0 saturated carbocycles. The Morgan fingerprint density at radius 1 is 0.435 bits per heavy atom. The Bertz CT molecular complexity index is 4170. The fraction of sp³-hybridized carbons (Fsp3) is 0.268. The molecule has 2 atom stereocenters. The van der Waals surface area contributed by atoms with Crippen molar-refractivity contribution in [1.29, 1.82) is 10.5 Å². The number of fused-ring (bicyclic) bond motifs is 3. The van der Waals surface area contributed by atoms with E-state index in [4.69, 9.17) is 19.5 Å². The summed E-state index contributed by atoms with van der Waals surface area (Å²) in [6.45, 7) is 17.9. The third-order valence-corrected chi connectivity index (χ3v) is 19.4. The number of nitrogens with zero attached hydrogens (tertiary/aromatic N) is 6. The van der Waals surface area contributed by atoms with E-state index in [1.807, 2.05) is 12.1 Å². The summed E-state index contributed by atoms with van der Waals surface area (Å²) in [6, 6.07) is 82.3. The highest BCUT2D eigenvalue weighted by Gasteiger charge is 2.44. The number of rotatable bonds is 24. The van der Waals surface area contributed by atoms with Crippen molar-refractivity contribution in [3.05, 3.63) is 240 Å². The summed E-state index contributed by atoms with van der Waals surface area (Å²) in [4.78, 5) is 11.2. The van der Waals surface area contributed by atoms with Crippen molar-refractivity contribution in [2.45, 2.75) is 118 Å². The second-order valence-corrected chi connectivity index (χ2v) is 26.0. The molecule has 10 aromatic rings. The standard InChI is InChI=1S/C82H82B2N6O2/c1-9-13-31-57(11-3)55-91-65-49-45-59(46-50-65)75-73-74(78(68(54-86)80-82(7,8)70-42-28-30-44-72(70)88-80)89(75)83(61-33-19-15-20-34-61)62-35-21-16-22-36-62)76(60-47-51-66(52-48-60)92-56-58(12-4)32-14-10-2)90(84(63-37-23-17-24-38-63)64-39-25-18-26-40-64)77(73)67(53-85)79-81(5,6)69-41-27-29-43-71(69)87-79/h15-30,33-52,57-58H,9-14,31-32,55-56H2,1-8H3/b77-67-,78-68-. The third-order valence-electron chi connectivity index (χ3n) is 19.4. The summed E-state index contributed by atoms with van der Waals surface area (Å²) in [7, 11) is 0. The summed E-state index contributed by atoms with van der Waals surface area (Å²) in [6.07, 6.45) is 8.88. The van der Waals surface area contributed by atoms with Crippen LogP contribution < -0.4 is 42.0 Å². The lowest BCUT2D eigenvalue weighted by Gasteiger charge is -2.26. The van der Waals surface area contributed by atoms with Crippen LogP contribution in [0.3, 0.4) is 0 Å². The van der Waals surface area contributed by atoms with Crippen LogP contribution in [0.25, 0.3) is 44.4 Å². The minimum absolute atomic E-state index is 0.428. The van der Waals surface area contributed by atoms with Crippen LogP contribution in [0.15, 0.2) is 228 Å². The van der Waals surface area contributed by atoms with Crippen molar-refractivity contribution in [3.8, 4) is 46.2 Å². The largest absolute Gasteiger partial charge is 0.493 e. The first-order chi connectivity index (χ1) is 44.9. The second kappa shape index (κ2) is 27.5.